The summed E-state index contributed by atoms with van der Waals surface area (Å²) in [6.07, 6.45) is -0.243. The van der Waals surface area contributed by atoms with E-state index in [1.807, 2.05) is 31.5 Å². The molecule has 3 atom stereocenters. The first-order valence-corrected chi connectivity index (χ1v) is 9.37. The zero-order chi connectivity index (χ0) is 19.2. The molecule has 2 fully saturated rings. The highest BCUT2D eigenvalue weighted by Gasteiger charge is 2.59. The average molecular weight is 363 g/mol. The second kappa shape index (κ2) is 6.59. The first kappa shape index (κ1) is 18.7. The van der Waals surface area contributed by atoms with Crippen molar-refractivity contribution in [1.82, 2.24) is 14.7 Å². The summed E-state index contributed by atoms with van der Waals surface area (Å²) in [4.78, 5) is 26.1. The molecule has 1 aromatic rings. The van der Waals surface area contributed by atoms with Crippen LogP contribution in [0.25, 0.3) is 0 Å². The van der Waals surface area contributed by atoms with Crippen molar-refractivity contribution in [1.29, 1.82) is 0 Å². The summed E-state index contributed by atoms with van der Waals surface area (Å²) in [6.45, 7) is 13.3. The van der Waals surface area contributed by atoms with E-state index in [1.165, 1.54) is 0 Å². The SMILES string of the molecule is CCOC(=O)c1cc(C2[C@H]3CN(C(=O)OC(C)(C)C)C[C@@H]23)n(C(C)C)n1. The summed E-state index contributed by atoms with van der Waals surface area (Å²) >= 11 is 0. The molecule has 1 unspecified atom stereocenters. The van der Waals surface area contributed by atoms with E-state index in [0.29, 0.717) is 43.1 Å². The summed E-state index contributed by atoms with van der Waals surface area (Å²) in [5, 5.41) is 4.46. The van der Waals surface area contributed by atoms with E-state index in [0.717, 1.165) is 5.69 Å². The molecule has 0 spiro atoms. The van der Waals surface area contributed by atoms with Gasteiger partial charge in [0.25, 0.3) is 0 Å². The van der Waals surface area contributed by atoms with Crippen LogP contribution in [0.2, 0.25) is 0 Å². The summed E-state index contributed by atoms with van der Waals surface area (Å²) in [6, 6.07) is 2.02. The molecule has 3 rings (SSSR count). The Kier molecular flexibility index (Phi) is 4.75. The predicted octanol–water partition coefficient (Wildman–Crippen LogP) is 3.22. The second-order valence-corrected chi connectivity index (χ2v) is 8.45. The first-order chi connectivity index (χ1) is 12.1. The van der Waals surface area contributed by atoms with Crippen molar-refractivity contribution in [3.8, 4) is 0 Å². The molecule has 26 heavy (non-hydrogen) atoms. The maximum absolute atomic E-state index is 12.2. The molecule has 1 aliphatic heterocycles. The van der Waals surface area contributed by atoms with Crippen LogP contribution in [0, 0.1) is 11.8 Å². The minimum atomic E-state index is -0.478. The van der Waals surface area contributed by atoms with Gasteiger partial charge in [-0.1, -0.05) is 0 Å². The van der Waals surface area contributed by atoms with Gasteiger partial charge in [-0.2, -0.15) is 5.10 Å². The van der Waals surface area contributed by atoms with Crippen LogP contribution in [-0.4, -0.2) is 52.0 Å². The fourth-order valence-electron chi connectivity index (χ4n) is 3.82. The van der Waals surface area contributed by atoms with Gasteiger partial charge in [-0.25, -0.2) is 9.59 Å². The van der Waals surface area contributed by atoms with E-state index in [9.17, 15) is 9.59 Å². The Bertz CT molecular complexity index is 692. The topological polar surface area (TPSA) is 73.7 Å². The van der Waals surface area contributed by atoms with Crippen LogP contribution in [0.15, 0.2) is 6.07 Å². The number of nitrogens with zero attached hydrogens (tertiary/aromatic N) is 3. The molecule has 1 aliphatic carbocycles. The summed E-state index contributed by atoms with van der Waals surface area (Å²) < 4.78 is 12.5. The Hall–Kier alpha value is -2.05. The molecular formula is C19H29N3O4. The molecule has 1 saturated heterocycles. The van der Waals surface area contributed by atoms with Gasteiger partial charge in [-0.05, 0) is 59.4 Å². The number of rotatable bonds is 4. The van der Waals surface area contributed by atoms with Crippen molar-refractivity contribution in [2.24, 2.45) is 11.8 Å². The van der Waals surface area contributed by atoms with Crippen molar-refractivity contribution in [2.45, 2.75) is 59.1 Å². The van der Waals surface area contributed by atoms with Crippen LogP contribution in [0.5, 0.6) is 0 Å². The molecule has 7 heteroatoms. The zero-order valence-electron chi connectivity index (χ0n) is 16.5. The lowest BCUT2D eigenvalue weighted by molar-refractivity contribution is 0.0270. The van der Waals surface area contributed by atoms with Gasteiger partial charge in [0, 0.05) is 30.7 Å². The number of carbonyl (C=O) groups excluding carboxylic acids is 2. The number of likely N-dealkylation sites (tertiary alicyclic amines) is 1. The van der Waals surface area contributed by atoms with E-state index in [1.54, 1.807) is 11.8 Å². The number of hydrogen-bond acceptors (Lipinski definition) is 5. The van der Waals surface area contributed by atoms with Crippen LogP contribution in [0.4, 0.5) is 4.79 Å². The number of aromatic nitrogens is 2. The summed E-state index contributed by atoms with van der Waals surface area (Å²) in [5.41, 5.74) is 0.958. The number of piperidine rings is 1. The number of carbonyl (C=O) groups is 2. The number of fused-ring (bicyclic) bond motifs is 1. The molecule has 2 heterocycles. The lowest BCUT2D eigenvalue weighted by atomic mass is 10.1. The fraction of sp³-hybridized carbons (Fsp3) is 0.737. The molecule has 144 valence electrons. The minimum absolute atomic E-state index is 0.163. The molecule has 0 radical (unpaired) electrons. The van der Waals surface area contributed by atoms with Crippen LogP contribution in [-0.2, 0) is 9.47 Å². The Morgan fingerprint density at radius 3 is 2.38 bits per heavy atom. The fourth-order valence-corrected chi connectivity index (χ4v) is 3.82. The average Bonchev–Trinajstić information content (AvgIpc) is 2.92. The molecule has 7 nitrogen and oxygen atoms in total. The highest BCUT2D eigenvalue weighted by molar-refractivity contribution is 5.87. The minimum Gasteiger partial charge on any atom is -0.461 e. The molecule has 0 N–H and O–H groups in total. The maximum Gasteiger partial charge on any atom is 0.410 e. The standard InChI is InChI=1S/C19H29N3O4/c1-7-25-17(23)14-8-15(22(20-14)11(2)3)16-12-9-21(10-13(12)16)18(24)26-19(4,5)6/h8,11-13,16H,7,9-10H2,1-6H3/t12-,13+,16?. The van der Waals surface area contributed by atoms with Crippen molar-refractivity contribution in [3.05, 3.63) is 17.5 Å². The second-order valence-electron chi connectivity index (χ2n) is 8.45. The maximum atomic E-state index is 12.2. The van der Waals surface area contributed by atoms with Crippen molar-refractivity contribution < 1.29 is 19.1 Å². The normalized spacial score (nSPS) is 24.6. The van der Waals surface area contributed by atoms with Crippen molar-refractivity contribution >= 4 is 12.1 Å². The first-order valence-electron chi connectivity index (χ1n) is 9.37. The lowest BCUT2D eigenvalue weighted by Gasteiger charge is -2.26. The van der Waals surface area contributed by atoms with Crippen LogP contribution in [0.3, 0.4) is 0 Å². The largest absolute Gasteiger partial charge is 0.461 e. The van der Waals surface area contributed by atoms with Gasteiger partial charge in [0.1, 0.15) is 5.60 Å². The molecule has 1 saturated carbocycles. The van der Waals surface area contributed by atoms with Gasteiger partial charge < -0.3 is 14.4 Å². The van der Waals surface area contributed by atoms with Gasteiger partial charge in [0.15, 0.2) is 5.69 Å². The van der Waals surface area contributed by atoms with Crippen molar-refractivity contribution in [3.63, 3.8) is 0 Å². The van der Waals surface area contributed by atoms with E-state index in [-0.39, 0.29) is 18.1 Å². The molecule has 2 aliphatic rings. The van der Waals surface area contributed by atoms with Gasteiger partial charge >= 0.3 is 12.1 Å². The smallest absolute Gasteiger partial charge is 0.410 e. The predicted molar refractivity (Wildman–Crippen MR) is 96.1 cm³/mol. The molecule has 1 aromatic heterocycles. The highest BCUT2D eigenvalue weighted by atomic mass is 16.6. The lowest BCUT2D eigenvalue weighted by Crippen LogP contribution is -2.37. The third kappa shape index (κ3) is 3.57. The molecule has 0 bridgehead atoms. The van der Waals surface area contributed by atoms with Gasteiger partial charge in [0.05, 0.1) is 6.61 Å². The van der Waals surface area contributed by atoms with E-state index >= 15 is 0 Å². The quantitative estimate of drug-likeness (QED) is 0.768. The van der Waals surface area contributed by atoms with Gasteiger partial charge in [0.2, 0.25) is 0 Å². The Morgan fingerprint density at radius 1 is 1.27 bits per heavy atom. The van der Waals surface area contributed by atoms with Crippen LogP contribution < -0.4 is 0 Å². The number of ether oxygens (including phenoxy) is 2. The number of amides is 1. The van der Waals surface area contributed by atoms with E-state index in [2.05, 4.69) is 18.9 Å². The number of esters is 1. The highest BCUT2D eigenvalue weighted by Crippen LogP contribution is 2.58. The molecule has 1 amide bonds. The van der Waals surface area contributed by atoms with Gasteiger partial charge in [-0.3, -0.25) is 4.68 Å². The summed E-state index contributed by atoms with van der Waals surface area (Å²) in [5.74, 6) is 0.777. The van der Waals surface area contributed by atoms with E-state index in [4.69, 9.17) is 9.47 Å². The Labute approximate surface area is 154 Å². The van der Waals surface area contributed by atoms with E-state index < -0.39 is 5.60 Å². The third-order valence-electron chi connectivity index (χ3n) is 4.93. The third-order valence-corrected chi connectivity index (χ3v) is 4.93. The Morgan fingerprint density at radius 2 is 1.88 bits per heavy atom. The molecular weight excluding hydrogens is 334 g/mol. The molecule has 0 aromatic carbocycles. The van der Waals surface area contributed by atoms with Crippen molar-refractivity contribution in [2.75, 3.05) is 19.7 Å². The van der Waals surface area contributed by atoms with Gasteiger partial charge in [-0.15, -0.1) is 0 Å². The Balaban J connectivity index is 1.70. The summed E-state index contributed by atoms with van der Waals surface area (Å²) in [7, 11) is 0. The monoisotopic (exact) mass is 363 g/mol. The zero-order valence-corrected chi connectivity index (χ0v) is 16.5. The van der Waals surface area contributed by atoms with Crippen LogP contribution >= 0.6 is 0 Å². The van der Waals surface area contributed by atoms with Crippen LogP contribution in [0.1, 0.15) is 69.7 Å². The number of hydrogen-bond donors (Lipinski definition) is 0.